The Labute approximate surface area is 156 Å². The monoisotopic (exact) mass is 371 g/mol. The molecule has 1 atom stereocenters. The van der Waals surface area contributed by atoms with Gasteiger partial charge in [0.05, 0.1) is 11.3 Å². The fourth-order valence-electron chi connectivity index (χ4n) is 3.05. The molecule has 3 N–H and O–H groups in total. The number of amides is 3. The largest absolute Gasteiger partial charge is 0.478 e. The van der Waals surface area contributed by atoms with Gasteiger partial charge in [-0.25, -0.2) is 9.59 Å². The summed E-state index contributed by atoms with van der Waals surface area (Å²) in [5.41, 5.74) is 1.77. The third-order valence-corrected chi connectivity index (χ3v) is 4.42. The molecule has 0 saturated carbocycles. The van der Waals surface area contributed by atoms with Crippen LogP contribution in [0.4, 0.5) is 10.6 Å². The Morgan fingerprint density at radius 1 is 1.30 bits per heavy atom. The average molecular weight is 371 g/mol. The second kappa shape index (κ2) is 7.48. The summed E-state index contributed by atoms with van der Waals surface area (Å²) in [7, 11) is 1.78. The van der Waals surface area contributed by atoms with E-state index in [-0.39, 0.29) is 18.0 Å². The quantitative estimate of drug-likeness (QED) is 0.726. The predicted molar refractivity (Wildman–Crippen MR) is 97.5 cm³/mol. The summed E-state index contributed by atoms with van der Waals surface area (Å²) in [5.74, 6) is -0.458. The van der Waals surface area contributed by atoms with Gasteiger partial charge in [0.1, 0.15) is 11.9 Å². The number of urea groups is 1. The van der Waals surface area contributed by atoms with Gasteiger partial charge in [-0.3, -0.25) is 14.4 Å². The third kappa shape index (κ3) is 4.08. The first kappa shape index (κ1) is 18.4. The van der Waals surface area contributed by atoms with E-state index in [9.17, 15) is 14.4 Å². The van der Waals surface area contributed by atoms with Crippen molar-refractivity contribution in [2.24, 2.45) is 7.05 Å². The van der Waals surface area contributed by atoms with Gasteiger partial charge < -0.3 is 15.7 Å². The molecule has 0 spiro atoms. The molecule has 1 aliphatic rings. The Balaban J connectivity index is 1.53. The van der Waals surface area contributed by atoms with Crippen LogP contribution in [0.2, 0.25) is 0 Å². The zero-order chi connectivity index (χ0) is 19.6. The number of rotatable bonds is 5. The molecular weight excluding hydrogens is 350 g/mol. The Morgan fingerprint density at radius 2 is 2.00 bits per heavy atom. The van der Waals surface area contributed by atoms with Crippen LogP contribution in [0.1, 0.15) is 28.0 Å². The summed E-state index contributed by atoms with van der Waals surface area (Å²) in [4.78, 5) is 37.1. The number of hydrogen-bond donors (Lipinski definition) is 3. The summed E-state index contributed by atoms with van der Waals surface area (Å²) in [6.45, 7) is 2.60. The maximum Gasteiger partial charge on any atom is 0.335 e. The van der Waals surface area contributed by atoms with E-state index in [1.165, 1.54) is 12.1 Å². The van der Waals surface area contributed by atoms with Gasteiger partial charge in [0.15, 0.2) is 0 Å². The van der Waals surface area contributed by atoms with Gasteiger partial charge in [-0.2, -0.15) is 5.10 Å². The fraction of sp³-hybridized carbons (Fsp3) is 0.333. The molecule has 142 valence electrons. The molecule has 1 fully saturated rings. The standard InChI is InChI=1S/C18H21N5O4/c1-11-9-15(22(2)21-11)23-8-7-14(16(23)24)20-18(27)19-10-12-3-5-13(6-4-12)17(25)26/h3-6,9,14H,7-8,10H2,1-2H3,(H,25,26)(H2,19,20,27). The third-order valence-electron chi connectivity index (χ3n) is 4.42. The number of hydrogen-bond acceptors (Lipinski definition) is 4. The highest BCUT2D eigenvalue weighted by molar-refractivity contribution is 6.00. The second-order valence-corrected chi connectivity index (χ2v) is 6.43. The molecule has 1 aromatic heterocycles. The molecule has 1 unspecified atom stereocenters. The van der Waals surface area contributed by atoms with E-state index in [1.807, 2.05) is 13.0 Å². The minimum Gasteiger partial charge on any atom is -0.478 e. The van der Waals surface area contributed by atoms with E-state index in [2.05, 4.69) is 15.7 Å². The lowest BCUT2D eigenvalue weighted by atomic mass is 10.1. The number of carbonyl (C=O) groups is 3. The Kier molecular flexibility index (Phi) is 5.11. The number of anilines is 1. The van der Waals surface area contributed by atoms with Crippen molar-refractivity contribution in [3.8, 4) is 0 Å². The number of aromatic nitrogens is 2. The Bertz CT molecular complexity index is 874. The molecule has 2 heterocycles. The number of carboxylic acid groups (broad SMARTS) is 1. The van der Waals surface area contributed by atoms with E-state index in [4.69, 9.17) is 5.11 Å². The molecule has 0 bridgehead atoms. The van der Waals surface area contributed by atoms with Crippen molar-refractivity contribution in [2.45, 2.75) is 25.9 Å². The molecule has 0 radical (unpaired) electrons. The Hall–Kier alpha value is -3.36. The van der Waals surface area contributed by atoms with E-state index >= 15 is 0 Å². The lowest BCUT2D eigenvalue weighted by Crippen LogP contribution is -2.46. The van der Waals surface area contributed by atoms with Crippen molar-refractivity contribution >= 4 is 23.7 Å². The molecule has 3 rings (SSSR count). The number of aromatic carboxylic acids is 1. The molecule has 1 aliphatic heterocycles. The Morgan fingerprint density at radius 3 is 2.59 bits per heavy atom. The van der Waals surface area contributed by atoms with Crippen molar-refractivity contribution in [1.82, 2.24) is 20.4 Å². The van der Waals surface area contributed by atoms with Crippen LogP contribution in [0.3, 0.4) is 0 Å². The lowest BCUT2D eigenvalue weighted by Gasteiger charge is -2.17. The maximum atomic E-state index is 12.6. The smallest absolute Gasteiger partial charge is 0.335 e. The van der Waals surface area contributed by atoms with E-state index in [1.54, 1.807) is 28.8 Å². The summed E-state index contributed by atoms with van der Waals surface area (Å²) in [5, 5.41) is 18.5. The summed E-state index contributed by atoms with van der Waals surface area (Å²) in [6, 6.07) is 7.03. The van der Waals surface area contributed by atoms with Crippen molar-refractivity contribution in [3.05, 3.63) is 47.2 Å². The van der Waals surface area contributed by atoms with Crippen LogP contribution in [0, 0.1) is 6.92 Å². The number of benzene rings is 1. The molecule has 0 aliphatic carbocycles. The molecular formula is C18H21N5O4. The van der Waals surface area contributed by atoms with Gasteiger partial charge in [0.25, 0.3) is 5.91 Å². The van der Waals surface area contributed by atoms with Crippen LogP contribution in [0.25, 0.3) is 0 Å². The van der Waals surface area contributed by atoms with Crippen molar-refractivity contribution in [2.75, 3.05) is 11.4 Å². The van der Waals surface area contributed by atoms with Gasteiger partial charge >= 0.3 is 12.0 Å². The van der Waals surface area contributed by atoms with Crippen LogP contribution in [0.5, 0.6) is 0 Å². The van der Waals surface area contributed by atoms with Crippen LogP contribution >= 0.6 is 0 Å². The molecule has 9 nitrogen and oxygen atoms in total. The van der Waals surface area contributed by atoms with Gasteiger partial charge in [0, 0.05) is 26.2 Å². The van der Waals surface area contributed by atoms with Gasteiger partial charge in [-0.05, 0) is 31.0 Å². The molecule has 1 saturated heterocycles. The highest BCUT2D eigenvalue weighted by Gasteiger charge is 2.35. The highest BCUT2D eigenvalue weighted by atomic mass is 16.4. The number of aryl methyl sites for hydroxylation is 2. The minimum absolute atomic E-state index is 0.168. The lowest BCUT2D eigenvalue weighted by molar-refractivity contribution is -0.118. The van der Waals surface area contributed by atoms with E-state index in [0.29, 0.717) is 18.8 Å². The molecule has 9 heteroatoms. The first-order chi connectivity index (χ1) is 12.8. The summed E-state index contributed by atoms with van der Waals surface area (Å²) < 4.78 is 1.65. The zero-order valence-corrected chi connectivity index (χ0v) is 15.1. The second-order valence-electron chi connectivity index (χ2n) is 6.43. The highest BCUT2D eigenvalue weighted by Crippen LogP contribution is 2.21. The van der Waals surface area contributed by atoms with Gasteiger partial charge in [-0.15, -0.1) is 0 Å². The number of carbonyl (C=O) groups excluding carboxylic acids is 2. The van der Waals surface area contributed by atoms with Crippen molar-refractivity contribution in [1.29, 1.82) is 0 Å². The summed E-state index contributed by atoms with van der Waals surface area (Å²) >= 11 is 0. The number of carboxylic acids is 1. The zero-order valence-electron chi connectivity index (χ0n) is 15.1. The predicted octanol–water partition coefficient (Wildman–Crippen LogP) is 1.03. The van der Waals surface area contributed by atoms with Gasteiger partial charge in [0.2, 0.25) is 0 Å². The first-order valence-electron chi connectivity index (χ1n) is 8.54. The van der Waals surface area contributed by atoms with Crippen LogP contribution in [0.15, 0.2) is 30.3 Å². The average Bonchev–Trinajstić information content (AvgIpc) is 3.15. The maximum absolute atomic E-state index is 12.6. The normalized spacial score (nSPS) is 16.4. The molecule has 2 aromatic rings. The summed E-state index contributed by atoms with van der Waals surface area (Å²) in [6.07, 6.45) is 0.518. The van der Waals surface area contributed by atoms with Crippen molar-refractivity contribution < 1.29 is 19.5 Å². The van der Waals surface area contributed by atoms with E-state index < -0.39 is 18.0 Å². The van der Waals surface area contributed by atoms with Crippen LogP contribution in [-0.2, 0) is 18.4 Å². The van der Waals surface area contributed by atoms with E-state index in [0.717, 1.165) is 11.3 Å². The van der Waals surface area contributed by atoms with Crippen LogP contribution in [-0.4, -0.2) is 45.4 Å². The number of nitrogens with zero attached hydrogens (tertiary/aromatic N) is 3. The number of nitrogens with one attached hydrogen (secondary N) is 2. The van der Waals surface area contributed by atoms with Crippen LogP contribution < -0.4 is 15.5 Å². The molecule has 1 aromatic carbocycles. The SMILES string of the molecule is Cc1cc(N2CCC(NC(=O)NCc3ccc(C(=O)O)cc3)C2=O)n(C)n1. The fourth-order valence-corrected chi connectivity index (χ4v) is 3.05. The topological polar surface area (TPSA) is 117 Å². The van der Waals surface area contributed by atoms with Gasteiger partial charge in [-0.1, -0.05) is 12.1 Å². The molecule has 3 amide bonds. The molecule has 27 heavy (non-hydrogen) atoms. The minimum atomic E-state index is -1.000. The van der Waals surface area contributed by atoms with Crippen molar-refractivity contribution in [3.63, 3.8) is 0 Å². The first-order valence-corrected chi connectivity index (χ1v) is 8.54.